The third kappa shape index (κ3) is 3.54. The highest BCUT2D eigenvalue weighted by Gasteiger charge is 2.33. The summed E-state index contributed by atoms with van der Waals surface area (Å²) >= 11 is 1.56. The van der Waals surface area contributed by atoms with E-state index in [1.54, 1.807) is 17.4 Å². The first-order chi connectivity index (χ1) is 17.7. The summed E-state index contributed by atoms with van der Waals surface area (Å²) in [5.74, 6) is 0.690. The minimum Gasteiger partial charge on any atom is -0.256 e. The average molecular weight is 466 g/mol. The van der Waals surface area contributed by atoms with E-state index >= 15 is 0 Å². The van der Waals surface area contributed by atoms with Crippen molar-refractivity contribution in [1.29, 1.82) is 0 Å². The molecule has 3 heteroatoms. The number of thiophene rings is 1. The van der Waals surface area contributed by atoms with Gasteiger partial charge in [-0.3, -0.25) is 4.98 Å². The molecule has 1 saturated carbocycles. The summed E-state index contributed by atoms with van der Waals surface area (Å²) in [7, 11) is 0. The van der Waals surface area contributed by atoms with Crippen molar-refractivity contribution in [3.05, 3.63) is 84.2 Å². The number of aryl methyl sites for hydroxylation is 1. The van der Waals surface area contributed by atoms with Crippen LogP contribution in [-0.4, -0.2) is 9.97 Å². The number of hydrogen-bond acceptors (Lipinski definition) is 3. The van der Waals surface area contributed by atoms with Gasteiger partial charge in [0.05, 0.1) is 5.69 Å². The molecule has 3 heterocycles. The zero-order valence-corrected chi connectivity index (χ0v) is 20.5. The van der Waals surface area contributed by atoms with Gasteiger partial charge in [-0.15, -0.1) is 11.3 Å². The smallest absolute Gasteiger partial charge is 0.124 e. The zero-order chi connectivity index (χ0) is 25.8. The van der Waals surface area contributed by atoms with Crippen LogP contribution >= 0.6 is 11.3 Å². The van der Waals surface area contributed by atoms with Gasteiger partial charge in [0.25, 0.3) is 0 Å². The Kier molecular flexibility index (Phi) is 4.48. The highest BCUT2D eigenvalue weighted by molar-refractivity contribution is 7.26. The molecule has 0 bridgehead atoms. The summed E-state index contributed by atoms with van der Waals surface area (Å²) < 4.78 is 24.7. The van der Waals surface area contributed by atoms with E-state index in [4.69, 9.17) is 9.10 Å². The average Bonchev–Trinajstić information content (AvgIpc) is 3.57. The molecule has 1 aliphatic carbocycles. The molecular weight excluding hydrogens is 432 g/mol. The maximum Gasteiger partial charge on any atom is 0.124 e. The topological polar surface area (TPSA) is 25.8 Å². The van der Waals surface area contributed by atoms with Gasteiger partial charge in [0.1, 0.15) is 4.83 Å². The Balaban J connectivity index is 1.58. The van der Waals surface area contributed by atoms with E-state index in [1.165, 1.54) is 31.2 Å². The lowest BCUT2D eigenvalue weighted by Crippen LogP contribution is -2.26. The number of nitrogens with zero attached hydrogens (tertiary/aromatic N) is 2. The van der Waals surface area contributed by atoms with Crippen molar-refractivity contribution in [2.45, 2.75) is 51.8 Å². The number of hydrogen-bond donors (Lipinski definition) is 0. The van der Waals surface area contributed by atoms with Gasteiger partial charge in [-0.1, -0.05) is 69.2 Å². The molecule has 6 rings (SSSR count). The molecule has 170 valence electrons. The third-order valence-corrected chi connectivity index (χ3v) is 8.86. The summed E-state index contributed by atoms with van der Waals surface area (Å²) in [6.45, 7) is 2.50. The van der Waals surface area contributed by atoms with Crippen molar-refractivity contribution >= 4 is 31.6 Å². The minimum atomic E-state index is -2.24. The summed E-state index contributed by atoms with van der Waals surface area (Å²) in [5.41, 5.74) is 5.82. The highest BCUT2D eigenvalue weighted by Crippen LogP contribution is 2.46. The maximum absolute atomic E-state index is 7.85. The zero-order valence-electron chi connectivity index (χ0n) is 22.6. The molecule has 3 aromatic heterocycles. The molecule has 1 aliphatic rings. The van der Waals surface area contributed by atoms with Crippen LogP contribution in [0, 0.1) is 12.8 Å². The van der Waals surface area contributed by atoms with Crippen LogP contribution in [0.4, 0.5) is 0 Å². The number of pyridine rings is 2. The van der Waals surface area contributed by atoms with Gasteiger partial charge in [0.15, 0.2) is 0 Å². The largest absolute Gasteiger partial charge is 0.256 e. The van der Waals surface area contributed by atoms with Crippen molar-refractivity contribution in [3.63, 3.8) is 0 Å². The van der Waals surface area contributed by atoms with Crippen LogP contribution in [0.5, 0.6) is 0 Å². The fourth-order valence-electron chi connectivity index (χ4n) is 5.68. The molecule has 0 unspecified atom stereocenters. The summed E-state index contributed by atoms with van der Waals surface area (Å²) in [6, 6.07) is 22.7. The number of fused-ring (bicyclic) bond motifs is 3. The molecule has 0 atom stereocenters. The van der Waals surface area contributed by atoms with Crippen LogP contribution in [0.25, 0.3) is 42.7 Å². The van der Waals surface area contributed by atoms with Crippen LogP contribution in [-0.2, 0) is 5.41 Å². The van der Waals surface area contributed by atoms with Crippen LogP contribution in [0.3, 0.4) is 0 Å². The van der Waals surface area contributed by atoms with Crippen LogP contribution in [0.1, 0.15) is 54.9 Å². The van der Waals surface area contributed by atoms with Gasteiger partial charge >= 0.3 is 0 Å². The first-order valence-electron chi connectivity index (χ1n) is 13.6. The summed E-state index contributed by atoms with van der Waals surface area (Å²) in [6.07, 6.45) is 7.15. The highest BCUT2D eigenvalue weighted by atomic mass is 32.1. The van der Waals surface area contributed by atoms with Gasteiger partial charge in [0.2, 0.25) is 0 Å². The molecule has 0 N–H and O–H groups in total. The lowest BCUT2D eigenvalue weighted by atomic mass is 9.72. The van der Waals surface area contributed by atoms with Gasteiger partial charge in [-0.2, -0.15) is 0 Å². The predicted octanol–water partition coefficient (Wildman–Crippen LogP) is 8.95. The molecular formula is C31H30N2S. The first-order valence-corrected chi connectivity index (χ1v) is 12.9. The second-order valence-electron chi connectivity index (χ2n) is 10.0. The lowest BCUT2D eigenvalue weighted by Gasteiger charge is -2.32. The van der Waals surface area contributed by atoms with E-state index in [9.17, 15) is 0 Å². The number of rotatable bonds is 4. The molecule has 0 aliphatic heterocycles. The molecule has 5 aromatic rings. The van der Waals surface area contributed by atoms with Gasteiger partial charge in [-0.05, 0) is 72.0 Å². The molecule has 2 nitrogen and oxygen atoms in total. The van der Waals surface area contributed by atoms with Crippen molar-refractivity contribution < 1.29 is 4.11 Å². The second-order valence-corrected chi connectivity index (χ2v) is 11.0. The Bertz CT molecular complexity index is 1600. The Morgan fingerprint density at radius 2 is 1.74 bits per heavy atom. The Labute approximate surface area is 209 Å². The first kappa shape index (κ1) is 18.3. The van der Waals surface area contributed by atoms with Gasteiger partial charge in [0, 0.05) is 37.0 Å². The van der Waals surface area contributed by atoms with Gasteiger partial charge < -0.3 is 0 Å². The third-order valence-electron chi connectivity index (χ3n) is 7.73. The predicted molar refractivity (Wildman–Crippen MR) is 146 cm³/mol. The monoisotopic (exact) mass is 465 g/mol. The number of aromatic nitrogens is 2. The van der Waals surface area contributed by atoms with Crippen LogP contribution in [0.15, 0.2) is 72.9 Å². The van der Waals surface area contributed by atoms with E-state index in [1.807, 2.05) is 30.5 Å². The second kappa shape index (κ2) is 8.32. The Morgan fingerprint density at radius 3 is 2.53 bits per heavy atom. The molecule has 0 spiro atoms. The van der Waals surface area contributed by atoms with E-state index in [0.29, 0.717) is 5.92 Å². The van der Waals surface area contributed by atoms with Crippen molar-refractivity contribution in [3.8, 4) is 22.4 Å². The van der Waals surface area contributed by atoms with Crippen LogP contribution in [0.2, 0.25) is 0 Å². The normalized spacial score (nSPS) is 16.6. The molecule has 0 amide bonds. The van der Waals surface area contributed by atoms with E-state index in [2.05, 4.69) is 55.2 Å². The summed E-state index contributed by atoms with van der Waals surface area (Å²) in [5, 5.41) is 2.09. The van der Waals surface area contributed by atoms with E-state index in [-0.39, 0.29) is 11.1 Å². The van der Waals surface area contributed by atoms with Crippen molar-refractivity contribution in [1.82, 2.24) is 9.97 Å². The molecule has 0 saturated heterocycles. The lowest BCUT2D eigenvalue weighted by molar-refractivity contribution is 0.325. The Morgan fingerprint density at radius 1 is 0.941 bits per heavy atom. The fourth-order valence-corrected chi connectivity index (χ4v) is 6.91. The molecule has 1 fully saturated rings. The summed E-state index contributed by atoms with van der Waals surface area (Å²) in [4.78, 5) is 10.2. The fraction of sp³-hybridized carbons (Fsp3) is 0.290. The number of benzene rings is 2. The maximum atomic E-state index is 7.85. The van der Waals surface area contributed by atoms with E-state index < -0.39 is 6.85 Å². The van der Waals surface area contributed by atoms with Crippen molar-refractivity contribution in [2.75, 3.05) is 0 Å². The molecule has 0 radical (unpaired) electrons. The molecule has 34 heavy (non-hydrogen) atoms. The quantitative estimate of drug-likeness (QED) is 0.265. The van der Waals surface area contributed by atoms with Crippen molar-refractivity contribution in [2.24, 2.45) is 5.92 Å². The van der Waals surface area contributed by atoms with E-state index in [0.717, 1.165) is 42.7 Å². The van der Waals surface area contributed by atoms with Crippen LogP contribution < -0.4 is 0 Å². The molecule has 2 aromatic carbocycles. The standard InChI is InChI=1S/C31H30N2S/c1-20-13-14-26-28-24(21-9-5-4-6-10-21)15-16-25(29(28)34-30(26)33-20)27-19-23(17-18-32-27)31(2,3)22-11-7-8-12-22/h4-6,9-10,13-19,22H,7-8,11-12H2,1-3H3/i1D3. The Hall–Kier alpha value is -3.04. The minimum absolute atomic E-state index is 0.0909. The SMILES string of the molecule is [2H]C([2H])([2H])c1ccc2c(n1)sc1c(-c3cc(C(C)(C)C4CCCC4)ccn3)ccc(-c3ccccc3)c12. The van der Waals surface area contributed by atoms with Gasteiger partial charge in [-0.25, -0.2) is 4.98 Å².